The van der Waals surface area contributed by atoms with Crippen LogP contribution in [-0.2, 0) is 16.0 Å². The number of aromatic nitrogens is 1. The Labute approximate surface area is 103 Å². The van der Waals surface area contributed by atoms with Crippen molar-refractivity contribution in [1.82, 2.24) is 10.3 Å². The first-order valence-corrected chi connectivity index (χ1v) is 6.02. The molecule has 0 unspecified atom stereocenters. The minimum absolute atomic E-state index is 0.667. The molecule has 96 valence electrons. The Morgan fingerprint density at radius 3 is 2.82 bits per heavy atom. The molecule has 0 aliphatic rings. The highest BCUT2D eigenvalue weighted by Gasteiger charge is 1.94. The summed E-state index contributed by atoms with van der Waals surface area (Å²) in [4.78, 5) is 4.33. The van der Waals surface area contributed by atoms with Gasteiger partial charge in [0.15, 0.2) is 0 Å². The molecule has 0 radical (unpaired) electrons. The number of ether oxygens (including phenoxy) is 2. The second kappa shape index (κ2) is 9.10. The smallest absolute Gasteiger partial charge is 0.0700 e. The van der Waals surface area contributed by atoms with Crippen LogP contribution >= 0.6 is 0 Å². The van der Waals surface area contributed by atoms with Gasteiger partial charge in [0.05, 0.1) is 18.9 Å². The first kappa shape index (κ1) is 14.1. The topological polar surface area (TPSA) is 43.4 Å². The molecule has 0 amide bonds. The summed E-state index contributed by atoms with van der Waals surface area (Å²) in [6, 6.07) is 4.13. The zero-order valence-corrected chi connectivity index (χ0v) is 10.7. The van der Waals surface area contributed by atoms with E-state index in [4.69, 9.17) is 9.47 Å². The van der Waals surface area contributed by atoms with Gasteiger partial charge in [0, 0.05) is 26.5 Å². The van der Waals surface area contributed by atoms with Crippen LogP contribution in [0.2, 0.25) is 0 Å². The number of methoxy groups -OCH3 is 1. The van der Waals surface area contributed by atoms with Crippen molar-refractivity contribution in [3.63, 3.8) is 0 Å². The molecule has 0 saturated heterocycles. The molecule has 0 spiro atoms. The maximum absolute atomic E-state index is 5.36. The molecule has 4 heteroatoms. The van der Waals surface area contributed by atoms with E-state index in [1.807, 2.05) is 13.1 Å². The van der Waals surface area contributed by atoms with Gasteiger partial charge >= 0.3 is 0 Å². The van der Waals surface area contributed by atoms with Gasteiger partial charge in [0.2, 0.25) is 0 Å². The third-order valence-corrected chi connectivity index (χ3v) is 2.35. The van der Waals surface area contributed by atoms with Crippen molar-refractivity contribution in [3.05, 3.63) is 29.6 Å². The summed E-state index contributed by atoms with van der Waals surface area (Å²) >= 11 is 0. The molecule has 0 aromatic carbocycles. The van der Waals surface area contributed by atoms with Gasteiger partial charge in [0.25, 0.3) is 0 Å². The number of nitrogens with one attached hydrogen (secondary N) is 1. The van der Waals surface area contributed by atoms with Crippen molar-refractivity contribution in [2.24, 2.45) is 0 Å². The van der Waals surface area contributed by atoms with Crippen LogP contribution in [0, 0.1) is 6.92 Å². The van der Waals surface area contributed by atoms with Crippen molar-refractivity contribution < 1.29 is 9.47 Å². The average molecular weight is 238 g/mol. The quantitative estimate of drug-likeness (QED) is 0.663. The zero-order valence-electron chi connectivity index (χ0n) is 10.7. The van der Waals surface area contributed by atoms with E-state index in [0.29, 0.717) is 13.2 Å². The molecular weight excluding hydrogens is 216 g/mol. The predicted octanol–water partition coefficient (Wildman–Crippen LogP) is 1.53. The van der Waals surface area contributed by atoms with Gasteiger partial charge in [-0.1, -0.05) is 6.07 Å². The Morgan fingerprint density at radius 2 is 2.12 bits per heavy atom. The molecule has 0 fully saturated rings. The van der Waals surface area contributed by atoms with Crippen molar-refractivity contribution in [2.45, 2.75) is 19.9 Å². The standard InChI is InChI=1S/C13H22N2O2/c1-12-4-5-13(15-10-12)11-14-6-3-7-17-9-8-16-2/h4-5,10,14H,3,6-9,11H2,1-2H3. The van der Waals surface area contributed by atoms with Gasteiger partial charge in [-0.3, -0.25) is 4.98 Å². The minimum Gasteiger partial charge on any atom is -0.382 e. The highest BCUT2D eigenvalue weighted by atomic mass is 16.5. The molecule has 1 rings (SSSR count). The van der Waals surface area contributed by atoms with Gasteiger partial charge in [-0.2, -0.15) is 0 Å². The van der Waals surface area contributed by atoms with E-state index in [9.17, 15) is 0 Å². The van der Waals surface area contributed by atoms with Gasteiger partial charge < -0.3 is 14.8 Å². The van der Waals surface area contributed by atoms with E-state index in [-0.39, 0.29) is 0 Å². The maximum atomic E-state index is 5.36. The Hall–Kier alpha value is -0.970. The normalized spacial score (nSPS) is 10.7. The van der Waals surface area contributed by atoms with Crippen LogP contribution in [0.3, 0.4) is 0 Å². The van der Waals surface area contributed by atoms with E-state index in [2.05, 4.69) is 22.4 Å². The second-order valence-corrected chi connectivity index (χ2v) is 3.96. The van der Waals surface area contributed by atoms with Crippen LogP contribution in [0.1, 0.15) is 17.7 Å². The molecule has 4 nitrogen and oxygen atoms in total. The molecule has 0 aliphatic carbocycles. The summed E-state index contributed by atoms with van der Waals surface area (Å²) < 4.78 is 10.2. The predicted molar refractivity (Wildman–Crippen MR) is 68.0 cm³/mol. The summed E-state index contributed by atoms with van der Waals surface area (Å²) in [5.74, 6) is 0. The van der Waals surface area contributed by atoms with Crippen molar-refractivity contribution in [2.75, 3.05) is 33.5 Å². The lowest BCUT2D eigenvalue weighted by atomic mass is 10.3. The average Bonchev–Trinajstić information content (AvgIpc) is 2.35. The summed E-state index contributed by atoms with van der Waals surface area (Å²) in [6.07, 6.45) is 2.90. The fraction of sp³-hybridized carbons (Fsp3) is 0.615. The summed E-state index contributed by atoms with van der Waals surface area (Å²) in [5, 5.41) is 3.34. The van der Waals surface area contributed by atoms with Gasteiger partial charge in [-0.25, -0.2) is 0 Å². The first-order chi connectivity index (χ1) is 8.33. The molecule has 0 bridgehead atoms. The highest BCUT2D eigenvalue weighted by Crippen LogP contribution is 1.97. The first-order valence-electron chi connectivity index (χ1n) is 6.02. The van der Waals surface area contributed by atoms with Crippen LogP contribution in [0.4, 0.5) is 0 Å². The van der Waals surface area contributed by atoms with Gasteiger partial charge in [-0.05, 0) is 31.5 Å². The van der Waals surface area contributed by atoms with Crippen LogP contribution in [0.25, 0.3) is 0 Å². The van der Waals surface area contributed by atoms with Gasteiger partial charge in [-0.15, -0.1) is 0 Å². The van der Waals surface area contributed by atoms with Gasteiger partial charge in [0.1, 0.15) is 0 Å². The van der Waals surface area contributed by atoms with Crippen molar-refractivity contribution in [1.29, 1.82) is 0 Å². The minimum atomic E-state index is 0.667. The lowest BCUT2D eigenvalue weighted by Crippen LogP contribution is -2.17. The van der Waals surface area contributed by atoms with Crippen molar-refractivity contribution in [3.8, 4) is 0 Å². The lowest BCUT2D eigenvalue weighted by molar-refractivity contribution is 0.0694. The fourth-order valence-electron chi connectivity index (χ4n) is 1.36. The van der Waals surface area contributed by atoms with Crippen LogP contribution in [0.5, 0.6) is 0 Å². The number of pyridine rings is 1. The fourth-order valence-corrected chi connectivity index (χ4v) is 1.36. The third kappa shape index (κ3) is 7.05. The molecular formula is C13H22N2O2. The van der Waals surface area contributed by atoms with Crippen LogP contribution in [0.15, 0.2) is 18.3 Å². The van der Waals surface area contributed by atoms with E-state index < -0.39 is 0 Å². The number of hydrogen-bond acceptors (Lipinski definition) is 4. The maximum Gasteiger partial charge on any atom is 0.0700 e. The Morgan fingerprint density at radius 1 is 1.24 bits per heavy atom. The Kier molecular flexibility index (Phi) is 7.54. The molecule has 0 saturated carbocycles. The molecule has 1 N–H and O–H groups in total. The van der Waals surface area contributed by atoms with Crippen LogP contribution < -0.4 is 5.32 Å². The van der Waals surface area contributed by atoms with E-state index >= 15 is 0 Å². The summed E-state index contributed by atoms with van der Waals surface area (Å²) in [5.41, 5.74) is 2.27. The third-order valence-electron chi connectivity index (χ3n) is 2.35. The van der Waals surface area contributed by atoms with E-state index in [1.54, 1.807) is 7.11 Å². The molecule has 1 aromatic heterocycles. The monoisotopic (exact) mass is 238 g/mol. The Bertz CT molecular complexity index is 288. The molecule has 17 heavy (non-hydrogen) atoms. The molecule has 0 aliphatic heterocycles. The number of aryl methyl sites for hydroxylation is 1. The molecule has 1 heterocycles. The Balaban J connectivity index is 1.95. The molecule has 1 aromatic rings. The second-order valence-electron chi connectivity index (χ2n) is 3.96. The van der Waals surface area contributed by atoms with Crippen molar-refractivity contribution >= 4 is 0 Å². The zero-order chi connectivity index (χ0) is 12.3. The summed E-state index contributed by atoms with van der Waals surface area (Å²) in [6.45, 7) is 5.93. The van der Waals surface area contributed by atoms with E-state index in [1.165, 1.54) is 5.56 Å². The molecule has 0 atom stereocenters. The summed E-state index contributed by atoms with van der Waals surface area (Å²) in [7, 11) is 1.68. The number of rotatable bonds is 9. The lowest BCUT2D eigenvalue weighted by Gasteiger charge is -2.05. The number of nitrogens with zero attached hydrogens (tertiary/aromatic N) is 1. The SMILES string of the molecule is COCCOCCCNCc1ccc(C)cn1. The number of hydrogen-bond donors (Lipinski definition) is 1. The highest BCUT2D eigenvalue weighted by molar-refractivity contribution is 5.11. The largest absolute Gasteiger partial charge is 0.382 e. The van der Waals surface area contributed by atoms with Crippen LogP contribution in [-0.4, -0.2) is 38.5 Å². The van der Waals surface area contributed by atoms with E-state index in [0.717, 1.165) is 31.8 Å².